The molecule has 0 aromatic carbocycles. The van der Waals surface area contributed by atoms with E-state index in [0.717, 1.165) is 6.20 Å². The molecule has 11 nitrogen and oxygen atoms in total. The average Bonchev–Trinajstić information content (AvgIpc) is 2.78. The first-order valence-electron chi connectivity index (χ1n) is 6.30. The maximum Gasteiger partial charge on any atom is 1.00 e. The van der Waals surface area contributed by atoms with Gasteiger partial charge in [-0.2, -0.15) is 0 Å². The summed E-state index contributed by atoms with van der Waals surface area (Å²) in [6.45, 7) is -0.584. The Hall–Kier alpha value is -0.340. The number of nitrogens with one attached hydrogen (secondary N) is 2. The molecule has 0 spiro atoms. The van der Waals surface area contributed by atoms with E-state index < -0.39 is 47.8 Å². The first-order valence-corrected chi connectivity index (χ1v) is 6.30. The summed E-state index contributed by atoms with van der Waals surface area (Å²) in [6, 6.07) is 0. The van der Waals surface area contributed by atoms with Gasteiger partial charge in [0.15, 0.2) is 11.7 Å². The molecule has 0 saturated carbocycles. The second-order valence-corrected chi connectivity index (χ2v) is 4.82. The van der Waals surface area contributed by atoms with Crippen molar-refractivity contribution < 1.29 is 79.2 Å². The quantitative estimate of drug-likeness (QED) is 0.329. The molecule has 3 rings (SSSR count). The van der Waals surface area contributed by atoms with E-state index in [1.165, 1.54) is 0 Å². The molecule has 3 heterocycles. The molecular weight excluding hydrogens is 346 g/mol. The molecule has 1 saturated heterocycles. The van der Waals surface area contributed by atoms with Gasteiger partial charge < -0.3 is 25.0 Å². The predicted molar refractivity (Wildman–Crippen MR) is 70.3 cm³/mol. The third-order valence-electron chi connectivity index (χ3n) is 3.44. The SMILES string of the molecule is O=c1cnc2c(=O)[nH]n([C@@H]3O[C@H](CO)[C@@H](O)[C@H]3O)c(=O)c2[nH]1.[Na+].[Na+]. The van der Waals surface area contributed by atoms with Crippen LogP contribution in [-0.2, 0) is 4.74 Å². The summed E-state index contributed by atoms with van der Waals surface area (Å²) in [7, 11) is 0. The number of hydrogen-bond acceptors (Lipinski definition) is 8. The van der Waals surface area contributed by atoms with Crippen LogP contribution in [0.15, 0.2) is 20.6 Å². The molecule has 2 aromatic rings. The van der Waals surface area contributed by atoms with Gasteiger partial charge in [0, 0.05) is 0 Å². The molecular formula is C11H12N4Na2O7+2. The van der Waals surface area contributed by atoms with E-state index in [-0.39, 0.29) is 70.1 Å². The van der Waals surface area contributed by atoms with Crippen LogP contribution in [0.2, 0.25) is 0 Å². The molecule has 2 aromatic heterocycles. The number of aromatic amines is 2. The third-order valence-corrected chi connectivity index (χ3v) is 3.44. The van der Waals surface area contributed by atoms with E-state index in [1.54, 1.807) is 0 Å². The van der Waals surface area contributed by atoms with Crippen LogP contribution in [0.5, 0.6) is 0 Å². The van der Waals surface area contributed by atoms with Crippen LogP contribution >= 0.6 is 0 Å². The van der Waals surface area contributed by atoms with Crippen LogP contribution < -0.4 is 75.8 Å². The zero-order valence-electron chi connectivity index (χ0n) is 13.0. The smallest absolute Gasteiger partial charge is 0.394 e. The Kier molecular flexibility index (Phi) is 7.56. The van der Waals surface area contributed by atoms with Crippen molar-refractivity contribution in [1.82, 2.24) is 19.7 Å². The van der Waals surface area contributed by atoms with E-state index >= 15 is 0 Å². The van der Waals surface area contributed by atoms with Gasteiger partial charge in [-0.1, -0.05) is 0 Å². The van der Waals surface area contributed by atoms with E-state index in [2.05, 4.69) is 15.1 Å². The van der Waals surface area contributed by atoms with Gasteiger partial charge in [0.1, 0.15) is 23.8 Å². The van der Waals surface area contributed by atoms with Crippen LogP contribution in [0.25, 0.3) is 11.0 Å². The average molecular weight is 358 g/mol. The number of hydrogen-bond donors (Lipinski definition) is 5. The monoisotopic (exact) mass is 358 g/mol. The topological polar surface area (TPSA) is 171 Å². The second kappa shape index (κ2) is 8.36. The largest absolute Gasteiger partial charge is 1.00 e. The van der Waals surface area contributed by atoms with Crippen molar-refractivity contribution in [3.8, 4) is 0 Å². The van der Waals surface area contributed by atoms with Crippen LogP contribution in [0, 0.1) is 0 Å². The van der Waals surface area contributed by atoms with Crippen molar-refractivity contribution in [3.05, 3.63) is 37.3 Å². The number of aromatic nitrogens is 4. The van der Waals surface area contributed by atoms with Gasteiger partial charge in [0.2, 0.25) is 0 Å². The normalized spacial score (nSPS) is 26.0. The van der Waals surface area contributed by atoms with Crippen molar-refractivity contribution >= 4 is 11.0 Å². The predicted octanol–water partition coefficient (Wildman–Crippen LogP) is -9.61. The molecule has 0 unspecified atom stereocenters. The van der Waals surface area contributed by atoms with Crippen LogP contribution in [0.1, 0.15) is 6.23 Å². The Labute approximate surface area is 177 Å². The maximum absolute atomic E-state index is 12.3. The Morgan fingerprint density at radius 3 is 2.46 bits per heavy atom. The summed E-state index contributed by atoms with van der Waals surface area (Å²) < 4.78 is 5.81. The summed E-state index contributed by atoms with van der Waals surface area (Å²) in [6.07, 6.45) is -4.66. The second-order valence-electron chi connectivity index (χ2n) is 4.82. The van der Waals surface area contributed by atoms with Crippen LogP contribution in [0.3, 0.4) is 0 Å². The van der Waals surface area contributed by atoms with Crippen LogP contribution in [-0.4, -0.2) is 60.0 Å². The standard InChI is InChI=1S/C11H12N4O7.2Na/c16-2-3-7(18)8(19)11(22-3)15-10(21)6-5(9(20)14-15)12-1-4(17)13-6;;/h1,3,7-8,11,16,18-19H,2H2,(H,13,17)(H,14,20);;/q;2*+1/t3-,7-,8-,11-;;/m1../s1. The Morgan fingerprint density at radius 1 is 1.21 bits per heavy atom. The van der Waals surface area contributed by atoms with E-state index in [9.17, 15) is 24.6 Å². The third kappa shape index (κ3) is 3.60. The van der Waals surface area contributed by atoms with Gasteiger partial charge in [-0.05, 0) is 0 Å². The van der Waals surface area contributed by atoms with E-state index in [4.69, 9.17) is 9.84 Å². The molecule has 4 atom stereocenters. The molecule has 1 aliphatic heterocycles. The minimum absolute atomic E-state index is 0. The molecule has 0 radical (unpaired) electrons. The van der Waals surface area contributed by atoms with Crippen molar-refractivity contribution in [2.45, 2.75) is 24.5 Å². The molecule has 1 aliphatic rings. The Bertz CT molecular complexity index is 894. The zero-order chi connectivity index (χ0) is 16.0. The van der Waals surface area contributed by atoms with E-state index in [1.807, 2.05) is 0 Å². The minimum atomic E-state index is -1.55. The molecule has 1 fully saturated rings. The van der Waals surface area contributed by atoms with Gasteiger partial charge >= 0.3 is 59.1 Å². The van der Waals surface area contributed by atoms with Gasteiger partial charge in [0.05, 0.1) is 12.8 Å². The summed E-state index contributed by atoms with van der Waals surface area (Å²) in [5.41, 5.74) is -2.96. The van der Waals surface area contributed by atoms with Gasteiger partial charge in [-0.15, -0.1) is 0 Å². The minimum Gasteiger partial charge on any atom is -0.394 e. The molecule has 0 bridgehead atoms. The molecule has 0 aliphatic carbocycles. The Balaban J connectivity index is 0.00000144. The summed E-state index contributed by atoms with van der Waals surface area (Å²) in [5.74, 6) is 0. The van der Waals surface area contributed by atoms with Gasteiger partial charge in [-0.3, -0.25) is 19.5 Å². The number of fused-ring (bicyclic) bond motifs is 1. The van der Waals surface area contributed by atoms with E-state index in [0.29, 0.717) is 4.68 Å². The number of aliphatic hydroxyl groups excluding tert-OH is 3. The molecule has 5 N–H and O–H groups in total. The number of H-pyrrole nitrogens is 2. The van der Waals surface area contributed by atoms with Crippen molar-refractivity contribution in [2.24, 2.45) is 0 Å². The molecule has 13 heteroatoms. The molecule has 118 valence electrons. The number of nitrogens with zero attached hydrogens (tertiary/aromatic N) is 2. The summed E-state index contributed by atoms with van der Waals surface area (Å²) >= 11 is 0. The van der Waals surface area contributed by atoms with Crippen molar-refractivity contribution in [1.29, 1.82) is 0 Å². The summed E-state index contributed by atoms with van der Waals surface area (Å²) in [5, 5.41) is 30.8. The van der Waals surface area contributed by atoms with Crippen molar-refractivity contribution in [2.75, 3.05) is 6.61 Å². The number of rotatable bonds is 2. The van der Waals surface area contributed by atoms with Gasteiger partial charge in [0.25, 0.3) is 16.7 Å². The molecule has 24 heavy (non-hydrogen) atoms. The van der Waals surface area contributed by atoms with Gasteiger partial charge in [-0.25, -0.2) is 9.67 Å². The maximum atomic E-state index is 12.3. The fraction of sp³-hybridized carbons (Fsp3) is 0.455. The zero-order valence-corrected chi connectivity index (χ0v) is 17.0. The fourth-order valence-electron chi connectivity index (χ4n) is 2.34. The number of ether oxygens (including phenoxy) is 1. The van der Waals surface area contributed by atoms with Crippen LogP contribution in [0.4, 0.5) is 0 Å². The first-order chi connectivity index (χ1) is 10.4. The molecule has 0 amide bonds. The summed E-state index contributed by atoms with van der Waals surface area (Å²) in [4.78, 5) is 41.3. The Morgan fingerprint density at radius 2 is 1.88 bits per heavy atom. The number of aliphatic hydroxyl groups is 3. The first kappa shape index (κ1) is 21.7. The van der Waals surface area contributed by atoms with Crippen molar-refractivity contribution in [3.63, 3.8) is 0 Å². The fourth-order valence-corrected chi connectivity index (χ4v) is 2.34.